The van der Waals surface area contributed by atoms with Crippen molar-refractivity contribution >= 4 is 33.3 Å². The molecule has 7 nitrogen and oxygen atoms in total. The highest BCUT2D eigenvalue weighted by Crippen LogP contribution is 2.30. The van der Waals surface area contributed by atoms with E-state index < -0.39 is 9.84 Å². The molecule has 0 unspecified atom stereocenters. The fourth-order valence-electron chi connectivity index (χ4n) is 3.71. The van der Waals surface area contributed by atoms with E-state index in [0.29, 0.717) is 17.4 Å². The van der Waals surface area contributed by atoms with Crippen LogP contribution in [0.3, 0.4) is 0 Å². The number of nitrogen functional groups attached to an aromatic ring is 1. The molecular formula is C16H24N4O3S2. The van der Waals surface area contributed by atoms with Crippen molar-refractivity contribution in [3.63, 3.8) is 0 Å². The molecule has 1 aromatic heterocycles. The number of nitrogens with two attached hydrogens (primary N) is 1. The van der Waals surface area contributed by atoms with Gasteiger partial charge < -0.3 is 10.6 Å². The van der Waals surface area contributed by atoms with Crippen molar-refractivity contribution in [3.8, 4) is 0 Å². The lowest BCUT2D eigenvalue weighted by atomic mass is 10.1. The molecule has 1 aliphatic heterocycles. The molecule has 1 atom stereocenters. The number of thioether (sulfide) groups is 1. The smallest absolute Gasteiger partial charge is 0.233 e. The lowest BCUT2D eigenvalue weighted by molar-refractivity contribution is -0.132. The van der Waals surface area contributed by atoms with Crippen LogP contribution in [0.4, 0.5) is 5.82 Å². The van der Waals surface area contributed by atoms with Crippen molar-refractivity contribution in [2.75, 3.05) is 23.0 Å². The molecule has 1 saturated carbocycles. The monoisotopic (exact) mass is 384 g/mol. The van der Waals surface area contributed by atoms with Crippen LogP contribution in [0.1, 0.15) is 37.8 Å². The van der Waals surface area contributed by atoms with Crippen molar-refractivity contribution in [1.82, 2.24) is 14.9 Å². The summed E-state index contributed by atoms with van der Waals surface area (Å²) in [4.78, 5) is 23.2. The van der Waals surface area contributed by atoms with Gasteiger partial charge in [0.1, 0.15) is 5.82 Å². The third-order valence-electron chi connectivity index (χ3n) is 4.79. The number of rotatable bonds is 5. The molecular weight excluding hydrogens is 360 g/mol. The molecule has 1 saturated heterocycles. The van der Waals surface area contributed by atoms with E-state index in [1.807, 2.05) is 11.8 Å². The zero-order chi connectivity index (χ0) is 18.0. The van der Waals surface area contributed by atoms with Crippen LogP contribution in [0.5, 0.6) is 0 Å². The molecule has 0 radical (unpaired) electrons. The van der Waals surface area contributed by atoms with Gasteiger partial charge in [0.25, 0.3) is 0 Å². The molecule has 25 heavy (non-hydrogen) atoms. The molecule has 0 spiro atoms. The summed E-state index contributed by atoms with van der Waals surface area (Å²) in [5.74, 6) is 0.836. The van der Waals surface area contributed by atoms with E-state index in [-0.39, 0.29) is 35.2 Å². The van der Waals surface area contributed by atoms with E-state index in [0.717, 1.165) is 31.4 Å². The number of sulfone groups is 1. The summed E-state index contributed by atoms with van der Waals surface area (Å²) in [7, 11) is -3.02. The van der Waals surface area contributed by atoms with E-state index in [1.54, 1.807) is 6.07 Å². The van der Waals surface area contributed by atoms with Crippen LogP contribution >= 0.6 is 11.8 Å². The normalized spacial score (nSPS) is 23.0. The van der Waals surface area contributed by atoms with Gasteiger partial charge in [0, 0.05) is 23.8 Å². The SMILES string of the molecule is Cc1cc(N)nc(SCC(=O)N(C2CCCC2)[C@H]2CCS(=O)(=O)C2)n1. The largest absolute Gasteiger partial charge is 0.384 e. The maximum absolute atomic E-state index is 12.9. The first-order valence-corrected chi connectivity index (χ1v) is 11.4. The zero-order valence-corrected chi connectivity index (χ0v) is 16.0. The molecule has 2 heterocycles. The van der Waals surface area contributed by atoms with E-state index in [4.69, 9.17) is 5.73 Å². The second-order valence-corrected chi connectivity index (χ2v) is 9.97. The summed E-state index contributed by atoms with van der Waals surface area (Å²) in [6, 6.07) is 1.65. The molecule has 2 fully saturated rings. The molecule has 1 aromatic rings. The van der Waals surface area contributed by atoms with E-state index in [9.17, 15) is 13.2 Å². The van der Waals surface area contributed by atoms with Gasteiger partial charge in [-0.05, 0) is 26.2 Å². The highest BCUT2D eigenvalue weighted by Gasteiger charge is 2.38. The summed E-state index contributed by atoms with van der Waals surface area (Å²) in [6.07, 6.45) is 4.65. The summed E-state index contributed by atoms with van der Waals surface area (Å²) >= 11 is 1.26. The average Bonchev–Trinajstić information content (AvgIpc) is 3.15. The molecule has 2 aliphatic rings. The Morgan fingerprint density at radius 3 is 2.60 bits per heavy atom. The summed E-state index contributed by atoms with van der Waals surface area (Å²) < 4.78 is 23.7. The number of aromatic nitrogens is 2. The molecule has 138 valence electrons. The van der Waals surface area contributed by atoms with Crippen LogP contribution in [0.2, 0.25) is 0 Å². The first-order valence-electron chi connectivity index (χ1n) is 8.59. The minimum atomic E-state index is -3.02. The molecule has 0 bridgehead atoms. The second kappa shape index (κ2) is 7.49. The van der Waals surface area contributed by atoms with Gasteiger partial charge >= 0.3 is 0 Å². The van der Waals surface area contributed by atoms with Gasteiger partial charge in [0.15, 0.2) is 15.0 Å². The quantitative estimate of drug-likeness (QED) is 0.604. The molecule has 1 aliphatic carbocycles. The third kappa shape index (κ3) is 4.63. The topological polar surface area (TPSA) is 106 Å². The number of nitrogens with zero attached hydrogens (tertiary/aromatic N) is 3. The maximum atomic E-state index is 12.9. The fraction of sp³-hybridized carbons (Fsp3) is 0.688. The first kappa shape index (κ1) is 18.4. The van der Waals surface area contributed by atoms with E-state index >= 15 is 0 Å². The number of amides is 1. The standard InChI is InChI=1S/C16H24N4O3S2/c1-11-8-14(17)19-16(18-11)24-9-15(21)20(12-4-2-3-5-12)13-6-7-25(22,23)10-13/h8,12-13H,2-7,9-10H2,1H3,(H2,17,18,19)/t13-/m0/s1. The van der Waals surface area contributed by atoms with Crippen LogP contribution in [0.25, 0.3) is 0 Å². The minimum Gasteiger partial charge on any atom is -0.384 e. The number of hydrogen-bond donors (Lipinski definition) is 1. The highest BCUT2D eigenvalue weighted by atomic mass is 32.2. The van der Waals surface area contributed by atoms with Crippen LogP contribution in [-0.2, 0) is 14.6 Å². The maximum Gasteiger partial charge on any atom is 0.233 e. The molecule has 3 rings (SSSR count). The Morgan fingerprint density at radius 1 is 1.28 bits per heavy atom. The summed E-state index contributed by atoms with van der Waals surface area (Å²) in [6.45, 7) is 1.83. The number of anilines is 1. The average molecular weight is 385 g/mol. The Hall–Kier alpha value is -1.35. The van der Waals surface area contributed by atoms with Gasteiger partial charge in [-0.15, -0.1) is 0 Å². The Balaban J connectivity index is 1.70. The van der Waals surface area contributed by atoms with Crippen molar-refractivity contribution < 1.29 is 13.2 Å². The number of aryl methyl sites for hydroxylation is 1. The van der Waals surface area contributed by atoms with Crippen LogP contribution in [0, 0.1) is 6.92 Å². The molecule has 9 heteroatoms. The number of hydrogen-bond acceptors (Lipinski definition) is 7. The van der Waals surface area contributed by atoms with Gasteiger partial charge in [-0.2, -0.15) is 0 Å². The zero-order valence-electron chi connectivity index (χ0n) is 14.3. The van der Waals surface area contributed by atoms with Crippen molar-refractivity contribution in [1.29, 1.82) is 0 Å². The van der Waals surface area contributed by atoms with Crippen molar-refractivity contribution in [3.05, 3.63) is 11.8 Å². The Morgan fingerprint density at radius 2 is 2.00 bits per heavy atom. The van der Waals surface area contributed by atoms with Crippen molar-refractivity contribution in [2.24, 2.45) is 0 Å². The minimum absolute atomic E-state index is 0.0253. The molecule has 1 amide bonds. The Labute approximate surface area is 152 Å². The second-order valence-electron chi connectivity index (χ2n) is 6.80. The molecule has 2 N–H and O–H groups in total. The van der Waals surface area contributed by atoms with Crippen molar-refractivity contribution in [2.45, 2.75) is 56.3 Å². The third-order valence-corrected chi connectivity index (χ3v) is 7.37. The van der Waals surface area contributed by atoms with Gasteiger partial charge in [0.05, 0.1) is 17.3 Å². The Bertz CT molecular complexity index is 727. The summed E-state index contributed by atoms with van der Waals surface area (Å²) in [5, 5.41) is 0.483. The predicted molar refractivity (Wildman–Crippen MR) is 98.1 cm³/mol. The van der Waals surface area contributed by atoms with Gasteiger partial charge in [-0.1, -0.05) is 24.6 Å². The Kier molecular flexibility index (Phi) is 5.52. The lowest BCUT2D eigenvalue weighted by Crippen LogP contribution is -2.47. The highest BCUT2D eigenvalue weighted by molar-refractivity contribution is 7.99. The number of carbonyl (C=O) groups excluding carboxylic acids is 1. The summed E-state index contributed by atoms with van der Waals surface area (Å²) in [5.41, 5.74) is 6.49. The number of carbonyl (C=O) groups is 1. The van der Waals surface area contributed by atoms with Gasteiger partial charge in [-0.3, -0.25) is 4.79 Å². The van der Waals surface area contributed by atoms with E-state index in [1.165, 1.54) is 11.8 Å². The van der Waals surface area contributed by atoms with Gasteiger partial charge in [0.2, 0.25) is 5.91 Å². The van der Waals surface area contributed by atoms with Crippen LogP contribution in [-0.4, -0.2) is 58.5 Å². The fourth-order valence-corrected chi connectivity index (χ4v) is 6.20. The van der Waals surface area contributed by atoms with E-state index in [2.05, 4.69) is 9.97 Å². The predicted octanol–water partition coefficient (Wildman–Crippen LogP) is 1.42. The lowest BCUT2D eigenvalue weighted by Gasteiger charge is -2.34. The van der Waals surface area contributed by atoms with Crippen LogP contribution < -0.4 is 5.73 Å². The van der Waals surface area contributed by atoms with Crippen LogP contribution in [0.15, 0.2) is 11.2 Å². The molecule has 0 aromatic carbocycles. The van der Waals surface area contributed by atoms with Gasteiger partial charge in [-0.25, -0.2) is 18.4 Å². The first-order chi connectivity index (χ1) is 11.8.